The van der Waals surface area contributed by atoms with E-state index in [-0.39, 0.29) is 11.9 Å². The monoisotopic (exact) mass is 356 g/mol. The van der Waals surface area contributed by atoms with E-state index >= 15 is 0 Å². The molecule has 0 saturated carbocycles. The van der Waals surface area contributed by atoms with Gasteiger partial charge in [0.2, 0.25) is 0 Å². The highest BCUT2D eigenvalue weighted by Crippen LogP contribution is 2.33. The predicted molar refractivity (Wildman–Crippen MR) is 101 cm³/mol. The Balaban J connectivity index is 1.69. The molecule has 1 atom stereocenters. The highest BCUT2D eigenvalue weighted by Gasteiger charge is 2.27. The number of ether oxygens (including phenoxy) is 2. The molecule has 2 aromatic carbocycles. The quantitative estimate of drug-likeness (QED) is 0.775. The average Bonchev–Trinajstić information content (AvgIpc) is 2.94. The number of nitrogens with zero attached hydrogens (tertiary/aromatic N) is 2. The zero-order valence-electron chi connectivity index (χ0n) is 15.7. The molecule has 1 heterocycles. The number of likely N-dealkylation sites (N-methyl/N-ethyl adjacent to an activating group) is 1. The third-order valence-corrected chi connectivity index (χ3v) is 4.86. The normalized spacial score (nSPS) is 17.3. The van der Waals surface area contributed by atoms with Crippen LogP contribution in [0.2, 0.25) is 0 Å². The first-order valence-corrected chi connectivity index (χ1v) is 8.68. The van der Waals surface area contributed by atoms with Gasteiger partial charge in [-0.25, -0.2) is 9.40 Å². The van der Waals surface area contributed by atoms with Crippen molar-refractivity contribution in [3.05, 3.63) is 71.2 Å². The third-order valence-electron chi connectivity index (χ3n) is 4.86. The molecule has 0 fully saturated rings. The highest BCUT2D eigenvalue weighted by molar-refractivity contribution is 5.43. The van der Waals surface area contributed by atoms with Gasteiger partial charge in [-0.15, -0.1) is 0 Å². The summed E-state index contributed by atoms with van der Waals surface area (Å²) in [4.78, 5) is 0. The van der Waals surface area contributed by atoms with Crippen molar-refractivity contribution < 1.29 is 13.9 Å². The molecule has 0 N–H and O–H groups in total. The van der Waals surface area contributed by atoms with Crippen LogP contribution in [0.1, 0.15) is 24.1 Å². The van der Waals surface area contributed by atoms with Gasteiger partial charge >= 0.3 is 0 Å². The molecule has 4 nitrogen and oxygen atoms in total. The molecule has 0 saturated heterocycles. The Morgan fingerprint density at radius 3 is 2.35 bits per heavy atom. The summed E-state index contributed by atoms with van der Waals surface area (Å²) in [5.41, 5.74) is 3.47. The summed E-state index contributed by atoms with van der Waals surface area (Å²) < 4.78 is 23.9. The van der Waals surface area contributed by atoms with Gasteiger partial charge in [0.25, 0.3) is 0 Å². The Kier molecular flexibility index (Phi) is 5.47. The minimum Gasteiger partial charge on any atom is -0.493 e. The Hall–Kier alpha value is -2.53. The van der Waals surface area contributed by atoms with E-state index in [1.165, 1.54) is 23.4 Å². The SMILES string of the molecule is COc1ccc(CCN2C(C)=CC(c3ccc(F)cc3)N2C)cc1OC. The topological polar surface area (TPSA) is 24.9 Å². The van der Waals surface area contributed by atoms with E-state index in [1.54, 1.807) is 14.2 Å². The molecular weight excluding hydrogens is 331 g/mol. The summed E-state index contributed by atoms with van der Waals surface area (Å²) in [5, 5.41) is 4.45. The van der Waals surface area contributed by atoms with Gasteiger partial charge in [-0.2, -0.15) is 0 Å². The number of rotatable bonds is 6. The molecule has 0 spiro atoms. The van der Waals surface area contributed by atoms with E-state index in [9.17, 15) is 4.39 Å². The third kappa shape index (κ3) is 3.68. The lowest BCUT2D eigenvalue weighted by Gasteiger charge is -2.32. The van der Waals surface area contributed by atoms with Crippen LogP contribution in [0.4, 0.5) is 4.39 Å². The van der Waals surface area contributed by atoms with Crippen LogP contribution in [0, 0.1) is 5.82 Å². The Bertz CT molecular complexity index is 789. The zero-order chi connectivity index (χ0) is 18.7. The van der Waals surface area contributed by atoms with Crippen molar-refractivity contribution in [2.75, 3.05) is 27.8 Å². The maximum absolute atomic E-state index is 13.2. The minimum atomic E-state index is -0.208. The fourth-order valence-electron chi connectivity index (χ4n) is 3.40. The molecule has 5 heteroatoms. The first kappa shape index (κ1) is 18.3. The van der Waals surface area contributed by atoms with Gasteiger partial charge in [0, 0.05) is 19.3 Å². The van der Waals surface area contributed by atoms with Gasteiger partial charge < -0.3 is 14.5 Å². The molecule has 138 valence electrons. The second-order valence-electron chi connectivity index (χ2n) is 6.44. The van der Waals surface area contributed by atoms with Gasteiger partial charge in [-0.3, -0.25) is 0 Å². The molecule has 0 radical (unpaired) electrons. The molecule has 2 aromatic rings. The summed E-state index contributed by atoms with van der Waals surface area (Å²) in [6.45, 7) is 2.96. The number of methoxy groups -OCH3 is 2. The number of allylic oxidation sites excluding steroid dienone is 1. The molecule has 1 aliphatic rings. The summed E-state index contributed by atoms with van der Waals surface area (Å²) in [6, 6.07) is 12.9. The molecule has 1 unspecified atom stereocenters. The van der Waals surface area contributed by atoms with Gasteiger partial charge in [0.15, 0.2) is 11.5 Å². The van der Waals surface area contributed by atoms with E-state index in [1.807, 2.05) is 24.3 Å². The molecule has 0 aliphatic carbocycles. The fraction of sp³-hybridized carbons (Fsp3) is 0.333. The van der Waals surface area contributed by atoms with Crippen LogP contribution in [0.3, 0.4) is 0 Å². The van der Waals surface area contributed by atoms with Crippen LogP contribution in [0.25, 0.3) is 0 Å². The summed E-state index contributed by atoms with van der Waals surface area (Å²) in [5.74, 6) is 1.28. The summed E-state index contributed by atoms with van der Waals surface area (Å²) in [6.07, 6.45) is 3.09. The van der Waals surface area contributed by atoms with Crippen molar-refractivity contribution in [1.82, 2.24) is 10.0 Å². The van der Waals surface area contributed by atoms with Crippen molar-refractivity contribution in [2.45, 2.75) is 19.4 Å². The predicted octanol–water partition coefficient (Wildman–Crippen LogP) is 4.19. The number of hydrogen-bond donors (Lipinski definition) is 0. The van der Waals surface area contributed by atoms with Crippen molar-refractivity contribution in [3.63, 3.8) is 0 Å². The van der Waals surface area contributed by atoms with E-state index in [4.69, 9.17) is 9.47 Å². The lowest BCUT2D eigenvalue weighted by atomic mass is 10.1. The second kappa shape index (κ2) is 7.79. The average molecular weight is 356 g/mol. The maximum Gasteiger partial charge on any atom is 0.160 e. The Morgan fingerprint density at radius 2 is 1.69 bits per heavy atom. The van der Waals surface area contributed by atoms with Gasteiger partial charge in [0.05, 0.1) is 20.3 Å². The smallest absolute Gasteiger partial charge is 0.160 e. The van der Waals surface area contributed by atoms with Gasteiger partial charge in [-0.1, -0.05) is 18.2 Å². The maximum atomic E-state index is 13.2. The molecule has 1 aliphatic heterocycles. The van der Waals surface area contributed by atoms with Crippen molar-refractivity contribution >= 4 is 0 Å². The van der Waals surface area contributed by atoms with E-state index in [2.05, 4.69) is 36.1 Å². The largest absolute Gasteiger partial charge is 0.493 e. The van der Waals surface area contributed by atoms with E-state index in [0.29, 0.717) is 0 Å². The Morgan fingerprint density at radius 1 is 1.00 bits per heavy atom. The van der Waals surface area contributed by atoms with Crippen LogP contribution in [0.15, 0.2) is 54.2 Å². The number of benzene rings is 2. The molecular formula is C21H25FN2O2. The lowest BCUT2D eigenvalue weighted by molar-refractivity contribution is 0.0358. The summed E-state index contributed by atoms with van der Waals surface area (Å²) >= 11 is 0. The first-order valence-electron chi connectivity index (χ1n) is 8.68. The minimum absolute atomic E-state index is 0.126. The highest BCUT2D eigenvalue weighted by atomic mass is 19.1. The summed E-state index contributed by atoms with van der Waals surface area (Å²) in [7, 11) is 5.35. The molecule has 0 aromatic heterocycles. The molecule has 3 rings (SSSR count). The van der Waals surface area contributed by atoms with Crippen molar-refractivity contribution in [2.24, 2.45) is 0 Å². The van der Waals surface area contributed by atoms with Crippen LogP contribution < -0.4 is 9.47 Å². The van der Waals surface area contributed by atoms with Crippen LogP contribution >= 0.6 is 0 Å². The molecule has 26 heavy (non-hydrogen) atoms. The Labute approximate surface area is 154 Å². The number of hydrazine groups is 1. The first-order chi connectivity index (χ1) is 12.5. The van der Waals surface area contributed by atoms with Crippen LogP contribution in [-0.2, 0) is 6.42 Å². The van der Waals surface area contributed by atoms with Crippen LogP contribution in [-0.4, -0.2) is 37.8 Å². The molecule has 0 bridgehead atoms. The lowest BCUT2D eigenvalue weighted by Crippen LogP contribution is -2.36. The number of halogens is 1. The second-order valence-corrected chi connectivity index (χ2v) is 6.44. The van der Waals surface area contributed by atoms with E-state index in [0.717, 1.165) is 30.0 Å². The van der Waals surface area contributed by atoms with E-state index < -0.39 is 0 Å². The zero-order valence-corrected chi connectivity index (χ0v) is 15.7. The van der Waals surface area contributed by atoms with Crippen molar-refractivity contribution in [1.29, 1.82) is 0 Å². The van der Waals surface area contributed by atoms with Gasteiger partial charge in [-0.05, 0) is 54.8 Å². The van der Waals surface area contributed by atoms with Gasteiger partial charge in [0.1, 0.15) is 5.82 Å². The number of hydrogen-bond acceptors (Lipinski definition) is 4. The standard InChI is InChI=1S/C21H25FN2O2/c1-15-13-19(17-6-8-18(22)9-7-17)23(2)24(15)12-11-16-5-10-20(25-3)21(14-16)26-4/h5-10,13-14,19H,11-12H2,1-4H3. The molecule has 0 amide bonds. The fourth-order valence-corrected chi connectivity index (χ4v) is 3.40. The van der Waals surface area contributed by atoms with Crippen LogP contribution in [0.5, 0.6) is 11.5 Å². The van der Waals surface area contributed by atoms with Crippen molar-refractivity contribution in [3.8, 4) is 11.5 Å².